The largest absolute Gasteiger partial charge is 0.465 e. The van der Waals surface area contributed by atoms with Crippen LogP contribution in [-0.2, 0) is 17.7 Å². The highest BCUT2D eigenvalue weighted by molar-refractivity contribution is 5.72. The predicted molar refractivity (Wildman–Crippen MR) is 66.0 cm³/mol. The third kappa shape index (κ3) is 2.86. The summed E-state index contributed by atoms with van der Waals surface area (Å²) < 4.78 is 6.64. The Kier molecular flexibility index (Phi) is 3.21. The number of ether oxygens (including phenoxy) is 1. The number of imidazole rings is 1. The molecule has 0 unspecified atom stereocenters. The van der Waals surface area contributed by atoms with Crippen LogP contribution in [-0.4, -0.2) is 43.9 Å². The highest BCUT2D eigenvalue weighted by Gasteiger charge is 2.27. The molecule has 19 heavy (non-hydrogen) atoms. The monoisotopic (exact) mass is 267 g/mol. The maximum Gasteiger partial charge on any atom is 0.420 e. The molecule has 2 heterocycles. The van der Waals surface area contributed by atoms with Crippen LogP contribution in [0.15, 0.2) is 6.33 Å². The highest BCUT2D eigenvalue weighted by Crippen LogP contribution is 2.19. The first-order valence-electron chi connectivity index (χ1n) is 6.04. The Bertz CT molecular complexity index is 516. The molecule has 0 aliphatic carbocycles. The second-order valence-corrected chi connectivity index (χ2v) is 5.44. The molecular weight excluding hydrogens is 250 g/mol. The average molecular weight is 267 g/mol. The molecule has 2 rings (SSSR count). The molecule has 0 saturated carbocycles. The molecule has 0 radical (unpaired) electrons. The van der Waals surface area contributed by atoms with Gasteiger partial charge in [-0.1, -0.05) is 0 Å². The lowest BCUT2D eigenvalue weighted by Crippen LogP contribution is -2.36. The molecule has 7 heteroatoms. The van der Waals surface area contributed by atoms with Crippen molar-refractivity contribution < 1.29 is 19.4 Å². The summed E-state index contributed by atoms with van der Waals surface area (Å²) in [6.07, 6.45) is 0.396. The van der Waals surface area contributed by atoms with Gasteiger partial charge in [0.1, 0.15) is 11.9 Å². The van der Waals surface area contributed by atoms with E-state index in [-0.39, 0.29) is 6.54 Å². The van der Waals surface area contributed by atoms with Gasteiger partial charge < -0.3 is 14.7 Å². The van der Waals surface area contributed by atoms with Gasteiger partial charge in [-0.05, 0) is 20.8 Å². The summed E-state index contributed by atoms with van der Waals surface area (Å²) >= 11 is 0. The van der Waals surface area contributed by atoms with Crippen LogP contribution < -0.4 is 0 Å². The van der Waals surface area contributed by atoms with E-state index in [1.807, 2.05) is 0 Å². The minimum atomic E-state index is -0.975. The fourth-order valence-electron chi connectivity index (χ4n) is 1.94. The van der Waals surface area contributed by atoms with Gasteiger partial charge in [0.25, 0.3) is 0 Å². The first-order valence-corrected chi connectivity index (χ1v) is 6.04. The molecule has 1 aliphatic heterocycles. The van der Waals surface area contributed by atoms with Crippen LogP contribution in [0.2, 0.25) is 0 Å². The molecule has 0 fully saturated rings. The van der Waals surface area contributed by atoms with Crippen molar-refractivity contribution in [2.45, 2.75) is 39.3 Å². The Hall–Kier alpha value is -2.05. The topological polar surface area (TPSA) is 84.7 Å². The summed E-state index contributed by atoms with van der Waals surface area (Å²) in [5.41, 5.74) is 0.766. The van der Waals surface area contributed by atoms with Crippen molar-refractivity contribution in [1.82, 2.24) is 14.5 Å². The van der Waals surface area contributed by atoms with Gasteiger partial charge in [0.2, 0.25) is 0 Å². The fourth-order valence-corrected chi connectivity index (χ4v) is 1.94. The van der Waals surface area contributed by atoms with E-state index in [4.69, 9.17) is 9.84 Å². The molecule has 1 N–H and O–H groups in total. The summed E-state index contributed by atoms with van der Waals surface area (Å²) in [5.74, 6) is 0. The minimum Gasteiger partial charge on any atom is -0.465 e. The molecule has 104 valence electrons. The smallest absolute Gasteiger partial charge is 0.420 e. The molecular formula is C12H17N3O4. The summed E-state index contributed by atoms with van der Waals surface area (Å²) in [5, 5.41) is 8.93. The van der Waals surface area contributed by atoms with E-state index in [0.717, 1.165) is 5.69 Å². The van der Waals surface area contributed by atoms with Crippen LogP contribution in [0, 0.1) is 0 Å². The second-order valence-electron chi connectivity index (χ2n) is 5.44. The van der Waals surface area contributed by atoms with E-state index in [1.54, 1.807) is 20.8 Å². The Balaban J connectivity index is 2.19. The third-order valence-corrected chi connectivity index (χ3v) is 2.77. The SMILES string of the molecule is CC(C)(C)OC(=O)n1cnc2c1CCN(C(=O)O)C2. The van der Waals surface area contributed by atoms with Gasteiger partial charge in [-0.15, -0.1) is 0 Å². The van der Waals surface area contributed by atoms with Crippen molar-refractivity contribution >= 4 is 12.2 Å². The number of carboxylic acid groups (broad SMARTS) is 1. The average Bonchev–Trinajstić information content (AvgIpc) is 2.68. The number of carbonyl (C=O) groups is 2. The van der Waals surface area contributed by atoms with Crippen molar-refractivity contribution in [3.05, 3.63) is 17.7 Å². The molecule has 0 spiro atoms. The van der Waals surface area contributed by atoms with Crippen LogP contribution in [0.3, 0.4) is 0 Å². The Labute approximate surface area is 110 Å². The Morgan fingerprint density at radius 1 is 1.42 bits per heavy atom. The summed E-state index contributed by atoms with van der Waals surface area (Å²) in [6.45, 7) is 5.94. The van der Waals surface area contributed by atoms with Crippen LogP contribution in [0.1, 0.15) is 32.2 Å². The predicted octanol–water partition coefficient (Wildman–Crippen LogP) is 1.70. The van der Waals surface area contributed by atoms with Crippen LogP contribution in [0.25, 0.3) is 0 Å². The normalized spacial score (nSPS) is 15.0. The van der Waals surface area contributed by atoms with Gasteiger partial charge in [-0.25, -0.2) is 19.1 Å². The maximum absolute atomic E-state index is 12.0. The Morgan fingerprint density at radius 2 is 2.11 bits per heavy atom. The van der Waals surface area contributed by atoms with Crippen molar-refractivity contribution in [2.75, 3.05) is 6.54 Å². The van der Waals surface area contributed by atoms with E-state index >= 15 is 0 Å². The van der Waals surface area contributed by atoms with Gasteiger partial charge >= 0.3 is 12.2 Å². The van der Waals surface area contributed by atoms with Gasteiger partial charge in [-0.2, -0.15) is 0 Å². The van der Waals surface area contributed by atoms with E-state index in [2.05, 4.69) is 4.98 Å². The molecule has 1 aromatic heterocycles. The van der Waals surface area contributed by atoms with Gasteiger partial charge in [0.05, 0.1) is 17.9 Å². The van der Waals surface area contributed by atoms with E-state index in [0.29, 0.717) is 18.7 Å². The van der Waals surface area contributed by atoms with E-state index in [1.165, 1.54) is 15.8 Å². The molecule has 0 aromatic carbocycles. The second kappa shape index (κ2) is 4.56. The third-order valence-electron chi connectivity index (χ3n) is 2.77. The number of carbonyl (C=O) groups excluding carboxylic acids is 1. The first-order chi connectivity index (χ1) is 8.78. The standard InChI is InChI=1S/C12H17N3O4/c1-12(2,3)19-11(18)15-7-13-8-6-14(10(16)17)5-4-9(8)15/h7H,4-6H2,1-3H3,(H,16,17). The molecule has 0 saturated heterocycles. The van der Waals surface area contributed by atoms with E-state index in [9.17, 15) is 9.59 Å². The van der Waals surface area contributed by atoms with Gasteiger partial charge in [-0.3, -0.25) is 0 Å². The molecule has 7 nitrogen and oxygen atoms in total. The molecule has 0 atom stereocenters. The molecule has 0 bridgehead atoms. The molecule has 1 aliphatic rings. The molecule has 1 amide bonds. The lowest BCUT2D eigenvalue weighted by molar-refractivity contribution is 0.0530. The maximum atomic E-state index is 12.0. The first kappa shape index (κ1) is 13.4. The fraction of sp³-hybridized carbons (Fsp3) is 0.583. The Morgan fingerprint density at radius 3 is 2.68 bits per heavy atom. The van der Waals surface area contributed by atoms with Crippen LogP contribution in [0.5, 0.6) is 0 Å². The number of fused-ring (bicyclic) bond motifs is 1. The van der Waals surface area contributed by atoms with Crippen molar-refractivity contribution in [2.24, 2.45) is 0 Å². The lowest BCUT2D eigenvalue weighted by Gasteiger charge is -2.25. The number of hydrogen-bond acceptors (Lipinski definition) is 4. The van der Waals surface area contributed by atoms with Gasteiger partial charge in [0.15, 0.2) is 0 Å². The lowest BCUT2D eigenvalue weighted by atomic mass is 10.1. The number of amides is 1. The van der Waals surface area contributed by atoms with Crippen LogP contribution >= 0.6 is 0 Å². The zero-order chi connectivity index (χ0) is 14.2. The van der Waals surface area contributed by atoms with Crippen LogP contribution in [0.4, 0.5) is 9.59 Å². The number of rotatable bonds is 0. The number of hydrogen-bond donors (Lipinski definition) is 1. The molecule has 1 aromatic rings. The zero-order valence-electron chi connectivity index (χ0n) is 11.2. The van der Waals surface area contributed by atoms with Crippen molar-refractivity contribution in [1.29, 1.82) is 0 Å². The van der Waals surface area contributed by atoms with Crippen molar-refractivity contribution in [3.63, 3.8) is 0 Å². The minimum absolute atomic E-state index is 0.209. The number of nitrogens with zero attached hydrogens (tertiary/aromatic N) is 3. The summed E-state index contributed by atoms with van der Waals surface area (Å²) in [6, 6.07) is 0. The number of aromatic nitrogens is 2. The van der Waals surface area contributed by atoms with E-state index < -0.39 is 17.8 Å². The van der Waals surface area contributed by atoms with Crippen molar-refractivity contribution in [3.8, 4) is 0 Å². The highest BCUT2D eigenvalue weighted by atomic mass is 16.6. The zero-order valence-corrected chi connectivity index (χ0v) is 11.2. The summed E-state index contributed by atoms with van der Waals surface area (Å²) in [4.78, 5) is 28.2. The quantitative estimate of drug-likeness (QED) is 0.773. The van der Waals surface area contributed by atoms with Gasteiger partial charge in [0, 0.05) is 13.0 Å². The summed E-state index contributed by atoms with van der Waals surface area (Å²) in [7, 11) is 0.